The molecule has 0 saturated carbocycles. The van der Waals surface area contributed by atoms with E-state index in [9.17, 15) is 4.39 Å². The Labute approximate surface area is 78.2 Å². The fraction of sp³-hybridized carbons (Fsp3) is 0.455. The first-order chi connectivity index (χ1) is 6.20. The van der Waals surface area contributed by atoms with Gasteiger partial charge in [-0.3, -0.25) is 0 Å². The summed E-state index contributed by atoms with van der Waals surface area (Å²) in [6.45, 7) is 2.78. The fourth-order valence-corrected chi connectivity index (χ4v) is 1.94. The van der Waals surface area contributed by atoms with Crippen LogP contribution in [0.4, 0.5) is 10.1 Å². The molecule has 70 valence electrons. The van der Waals surface area contributed by atoms with Crippen molar-refractivity contribution in [2.24, 2.45) is 0 Å². The molecule has 0 fully saturated rings. The number of benzene rings is 1. The largest absolute Gasteiger partial charge is 0.372 e. The minimum atomic E-state index is -0.0419. The Balaban J connectivity index is 2.58. The third kappa shape index (κ3) is 1.30. The third-order valence-corrected chi connectivity index (χ3v) is 2.71. The van der Waals surface area contributed by atoms with Crippen molar-refractivity contribution in [1.29, 1.82) is 0 Å². The molecule has 2 rings (SSSR count). The van der Waals surface area contributed by atoms with E-state index in [0.717, 1.165) is 36.2 Å². The molecule has 0 amide bonds. The van der Waals surface area contributed by atoms with Crippen LogP contribution >= 0.6 is 0 Å². The molecule has 1 nitrogen and oxygen atoms in total. The topological polar surface area (TPSA) is 3.24 Å². The van der Waals surface area contributed by atoms with Crippen LogP contribution in [-0.4, -0.2) is 13.6 Å². The van der Waals surface area contributed by atoms with Crippen LogP contribution in [0.1, 0.15) is 17.5 Å². The molecular weight excluding hydrogens is 165 g/mol. The lowest BCUT2D eigenvalue weighted by Gasteiger charge is -2.28. The number of hydrogen-bond donors (Lipinski definition) is 0. The highest BCUT2D eigenvalue weighted by atomic mass is 19.1. The van der Waals surface area contributed by atoms with Crippen molar-refractivity contribution in [1.82, 2.24) is 0 Å². The Hall–Kier alpha value is -1.05. The molecule has 0 bridgehead atoms. The molecule has 0 aliphatic carbocycles. The van der Waals surface area contributed by atoms with Crippen LogP contribution in [0.2, 0.25) is 0 Å². The number of fused-ring (bicyclic) bond motifs is 1. The summed E-state index contributed by atoms with van der Waals surface area (Å²) in [6.07, 6.45) is 2.14. The van der Waals surface area contributed by atoms with Crippen LogP contribution in [0.25, 0.3) is 0 Å². The quantitative estimate of drug-likeness (QED) is 0.591. The van der Waals surface area contributed by atoms with E-state index in [0.29, 0.717) is 0 Å². The van der Waals surface area contributed by atoms with Crippen LogP contribution in [0.5, 0.6) is 0 Å². The summed E-state index contributed by atoms with van der Waals surface area (Å²) in [6, 6.07) is 3.91. The van der Waals surface area contributed by atoms with Gasteiger partial charge in [-0.15, -0.1) is 0 Å². The molecule has 0 aromatic heterocycles. The smallest absolute Gasteiger partial charge is 0.149 e. The molecule has 1 aliphatic rings. The molecule has 1 heterocycles. The standard InChI is InChI=1S/C11H14FN/c1-8-5-6-9-4-3-7-13(2)11(9)10(8)12/h5-6H,3-4,7H2,1-2H3. The van der Waals surface area contributed by atoms with Gasteiger partial charge in [0.1, 0.15) is 5.82 Å². The molecule has 0 spiro atoms. The van der Waals surface area contributed by atoms with Gasteiger partial charge in [-0.1, -0.05) is 12.1 Å². The molecule has 13 heavy (non-hydrogen) atoms. The van der Waals surface area contributed by atoms with E-state index in [-0.39, 0.29) is 5.82 Å². The van der Waals surface area contributed by atoms with Gasteiger partial charge in [-0.2, -0.15) is 0 Å². The van der Waals surface area contributed by atoms with E-state index in [4.69, 9.17) is 0 Å². The zero-order valence-electron chi connectivity index (χ0n) is 8.10. The SMILES string of the molecule is Cc1ccc2c(c1F)N(C)CCC2. The number of nitrogens with zero attached hydrogens (tertiary/aromatic N) is 1. The van der Waals surface area contributed by atoms with Gasteiger partial charge in [0.2, 0.25) is 0 Å². The zero-order chi connectivity index (χ0) is 9.42. The Kier molecular flexibility index (Phi) is 1.98. The summed E-state index contributed by atoms with van der Waals surface area (Å²) in [5.74, 6) is -0.0419. The predicted molar refractivity (Wildman–Crippen MR) is 52.7 cm³/mol. The van der Waals surface area contributed by atoms with Gasteiger partial charge in [0.05, 0.1) is 5.69 Å². The van der Waals surface area contributed by atoms with Crippen LogP contribution in [-0.2, 0) is 6.42 Å². The zero-order valence-corrected chi connectivity index (χ0v) is 8.10. The van der Waals surface area contributed by atoms with Gasteiger partial charge >= 0.3 is 0 Å². The molecule has 1 aliphatic heterocycles. The summed E-state index contributed by atoms with van der Waals surface area (Å²) in [7, 11) is 1.96. The Morgan fingerprint density at radius 2 is 2.15 bits per heavy atom. The van der Waals surface area contributed by atoms with Gasteiger partial charge in [-0.25, -0.2) is 4.39 Å². The Bertz CT molecular complexity index is 333. The van der Waals surface area contributed by atoms with Crippen molar-refractivity contribution >= 4 is 5.69 Å². The summed E-state index contributed by atoms with van der Waals surface area (Å²) < 4.78 is 13.7. The summed E-state index contributed by atoms with van der Waals surface area (Å²) in [5.41, 5.74) is 2.70. The minimum Gasteiger partial charge on any atom is -0.372 e. The highest BCUT2D eigenvalue weighted by Gasteiger charge is 2.18. The van der Waals surface area contributed by atoms with Crippen LogP contribution < -0.4 is 4.90 Å². The lowest BCUT2D eigenvalue weighted by Crippen LogP contribution is -2.26. The van der Waals surface area contributed by atoms with Gasteiger partial charge in [0.25, 0.3) is 0 Å². The number of rotatable bonds is 0. The van der Waals surface area contributed by atoms with E-state index in [2.05, 4.69) is 0 Å². The van der Waals surface area contributed by atoms with E-state index < -0.39 is 0 Å². The second-order valence-electron chi connectivity index (χ2n) is 3.73. The number of hydrogen-bond acceptors (Lipinski definition) is 1. The Morgan fingerprint density at radius 3 is 2.92 bits per heavy atom. The lowest BCUT2D eigenvalue weighted by atomic mass is 10.00. The number of aryl methyl sites for hydroxylation is 2. The molecule has 1 aromatic rings. The van der Waals surface area contributed by atoms with Gasteiger partial charge < -0.3 is 4.90 Å². The van der Waals surface area contributed by atoms with Crippen LogP contribution in [0.3, 0.4) is 0 Å². The van der Waals surface area contributed by atoms with Crippen molar-refractivity contribution in [3.05, 3.63) is 29.1 Å². The van der Waals surface area contributed by atoms with Crippen molar-refractivity contribution in [2.75, 3.05) is 18.5 Å². The normalized spacial score (nSPS) is 15.8. The van der Waals surface area contributed by atoms with Crippen molar-refractivity contribution in [3.8, 4) is 0 Å². The third-order valence-electron chi connectivity index (χ3n) is 2.71. The molecule has 0 atom stereocenters. The van der Waals surface area contributed by atoms with Gasteiger partial charge in [-0.05, 0) is 30.9 Å². The molecule has 2 heteroatoms. The molecule has 0 unspecified atom stereocenters. The first kappa shape index (κ1) is 8.54. The maximum atomic E-state index is 13.7. The number of anilines is 1. The van der Waals surface area contributed by atoms with Crippen molar-refractivity contribution < 1.29 is 4.39 Å². The van der Waals surface area contributed by atoms with E-state index in [1.807, 2.05) is 31.0 Å². The van der Waals surface area contributed by atoms with Crippen LogP contribution in [0.15, 0.2) is 12.1 Å². The van der Waals surface area contributed by atoms with Crippen molar-refractivity contribution in [2.45, 2.75) is 19.8 Å². The second-order valence-corrected chi connectivity index (χ2v) is 3.73. The average molecular weight is 179 g/mol. The Morgan fingerprint density at radius 1 is 1.38 bits per heavy atom. The molecule has 0 saturated heterocycles. The maximum Gasteiger partial charge on any atom is 0.149 e. The fourth-order valence-electron chi connectivity index (χ4n) is 1.94. The second kappa shape index (κ2) is 3.02. The van der Waals surface area contributed by atoms with Gasteiger partial charge in [0, 0.05) is 13.6 Å². The van der Waals surface area contributed by atoms with E-state index in [1.165, 1.54) is 0 Å². The first-order valence-electron chi connectivity index (χ1n) is 4.69. The maximum absolute atomic E-state index is 13.7. The van der Waals surface area contributed by atoms with Crippen LogP contribution in [0, 0.1) is 12.7 Å². The highest BCUT2D eigenvalue weighted by molar-refractivity contribution is 5.57. The first-order valence-corrected chi connectivity index (χ1v) is 4.69. The monoisotopic (exact) mass is 179 g/mol. The highest BCUT2D eigenvalue weighted by Crippen LogP contribution is 2.30. The van der Waals surface area contributed by atoms with Crippen molar-refractivity contribution in [3.63, 3.8) is 0 Å². The lowest BCUT2D eigenvalue weighted by molar-refractivity contribution is 0.600. The summed E-state index contributed by atoms with van der Waals surface area (Å²) >= 11 is 0. The number of halogens is 1. The summed E-state index contributed by atoms with van der Waals surface area (Å²) in [5, 5.41) is 0. The summed E-state index contributed by atoms with van der Waals surface area (Å²) in [4.78, 5) is 2.02. The van der Waals surface area contributed by atoms with E-state index >= 15 is 0 Å². The molecule has 0 N–H and O–H groups in total. The average Bonchev–Trinajstić information content (AvgIpc) is 2.12. The minimum absolute atomic E-state index is 0.0419. The molecule has 0 radical (unpaired) electrons. The predicted octanol–water partition coefficient (Wildman–Crippen LogP) is 2.52. The molecular formula is C11H14FN. The van der Waals surface area contributed by atoms with E-state index in [1.54, 1.807) is 0 Å². The molecule has 1 aromatic carbocycles. The van der Waals surface area contributed by atoms with Gasteiger partial charge in [0.15, 0.2) is 0 Å².